The fourth-order valence-corrected chi connectivity index (χ4v) is 3.16. The molecular formula is C19H21N3O4S. The Bertz CT molecular complexity index is 851. The van der Waals surface area contributed by atoms with Crippen LogP contribution in [0.5, 0.6) is 0 Å². The van der Waals surface area contributed by atoms with Crippen molar-refractivity contribution in [2.24, 2.45) is 0 Å². The van der Waals surface area contributed by atoms with Gasteiger partial charge in [0.05, 0.1) is 16.4 Å². The molecule has 7 nitrogen and oxygen atoms in total. The zero-order valence-electron chi connectivity index (χ0n) is 15.3. The van der Waals surface area contributed by atoms with E-state index in [-0.39, 0.29) is 29.7 Å². The predicted molar refractivity (Wildman–Crippen MR) is 104 cm³/mol. The van der Waals surface area contributed by atoms with Crippen LogP contribution < -0.4 is 10.6 Å². The Morgan fingerprint density at radius 2 is 1.81 bits per heavy atom. The van der Waals surface area contributed by atoms with Crippen molar-refractivity contribution in [1.82, 2.24) is 10.6 Å². The highest BCUT2D eigenvalue weighted by molar-refractivity contribution is 7.99. The second-order valence-electron chi connectivity index (χ2n) is 6.26. The second kappa shape index (κ2) is 9.18. The molecule has 0 saturated heterocycles. The second-order valence-corrected chi connectivity index (χ2v) is 7.37. The van der Waals surface area contributed by atoms with Crippen molar-refractivity contribution >= 4 is 29.3 Å². The van der Waals surface area contributed by atoms with Crippen molar-refractivity contribution in [3.05, 3.63) is 63.7 Å². The maximum atomic E-state index is 12.2. The topological polar surface area (TPSA) is 101 Å². The van der Waals surface area contributed by atoms with Gasteiger partial charge in [0.15, 0.2) is 0 Å². The summed E-state index contributed by atoms with van der Waals surface area (Å²) in [7, 11) is 0. The molecular weight excluding hydrogens is 366 g/mol. The summed E-state index contributed by atoms with van der Waals surface area (Å²) in [6, 6.07) is 11.9. The van der Waals surface area contributed by atoms with Crippen molar-refractivity contribution in [2.75, 3.05) is 6.54 Å². The Kier molecular flexibility index (Phi) is 6.95. The molecule has 0 aliphatic carbocycles. The number of carbonyl (C=O) groups is 2. The third-order valence-electron chi connectivity index (χ3n) is 3.53. The Morgan fingerprint density at radius 1 is 1.15 bits per heavy atom. The highest BCUT2D eigenvalue weighted by Crippen LogP contribution is 2.35. The van der Waals surface area contributed by atoms with Gasteiger partial charge in [0, 0.05) is 22.6 Å². The van der Waals surface area contributed by atoms with E-state index in [0.29, 0.717) is 4.90 Å². The fourth-order valence-electron chi connectivity index (χ4n) is 2.26. The van der Waals surface area contributed by atoms with Crippen molar-refractivity contribution in [3.63, 3.8) is 0 Å². The number of carbonyl (C=O) groups excluding carboxylic acids is 2. The minimum Gasteiger partial charge on any atom is -0.352 e. The lowest BCUT2D eigenvalue weighted by Gasteiger charge is -2.10. The van der Waals surface area contributed by atoms with E-state index in [4.69, 9.17) is 0 Å². The summed E-state index contributed by atoms with van der Waals surface area (Å²) < 4.78 is 0. The van der Waals surface area contributed by atoms with E-state index in [9.17, 15) is 19.7 Å². The molecule has 0 fully saturated rings. The number of benzene rings is 2. The molecule has 0 unspecified atom stereocenters. The Hall–Kier alpha value is -2.87. The SMILES string of the molecule is Cc1ccc(Sc2ccc(C(=O)NCC(=O)NC(C)C)cc2[N+](=O)[O-])cc1. The van der Waals surface area contributed by atoms with Gasteiger partial charge in [-0.2, -0.15) is 0 Å². The standard InChI is InChI=1S/C19H21N3O4S/c1-12(2)21-18(23)11-20-19(24)14-6-9-17(16(10-14)22(25)26)27-15-7-4-13(3)5-8-15/h4-10,12H,11H2,1-3H3,(H,20,24)(H,21,23). The van der Waals surface area contributed by atoms with E-state index in [1.165, 1.54) is 23.9 Å². The van der Waals surface area contributed by atoms with Crippen LogP contribution in [-0.4, -0.2) is 29.3 Å². The molecule has 0 bridgehead atoms. The van der Waals surface area contributed by atoms with E-state index >= 15 is 0 Å². The third-order valence-corrected chi connectivity index (χ3v) is 4.60. The lowest BCUT2D eigenvalue weighted by atomic mass is 10.2. The van der Waals surface area contributed by atoms with Crippen LogP contribution in [0.4, 0.5) is 5.69 Å². The van der Waals surface area contributed by atoms with Gasteiger partial charge in [-0.1, -0.05) is 29.5 Å². The number of rotatable bonds is 7. The van der Waals surface area contributed by atoms with E-state index in [2.05, 4.69) is 10.6 Å². The molecule has 142 valence electrons. The molecule has 0 radical (unpaired) electrons. The summed E-state index contributed by atoms with van der Waals surface area (Å²) in [6.45, 7) is 5.40. The normalized spacial score (nSPS) is 10.5. The predicted octanol–water partition coefficient (Wildman–Crippen LogP) is 3.31. The first kappa shape index (κ1) is 20.4. The Morgan fingerprint density at radius 3 is 2.41 bits per heavy atom. The third kappa shape index (κ3) is 6.10. The van der Waals surface area contributed by atoms with Gasteiger partial charge in [-0.3, -0.25) is 19.7 Å². The highest BCUT2D eigenvalue weighted by Gasteiger charge is 2.19. The summed E-state index contributed by atoms with van der Waals surface area (Å²) in [5, 5.41) is 16.5. The Labute approximate surface area is 161 Å². The molecule has 0 heterocycles. The van der Waals surface area contributed by atoms with Gasteiger partial charge in [0.25, 0.3) is 11.6 Å². The van der Waals surface area contributed by atoms with Gasteiger partial charge in [-0.05, 0) is 45.0 Å². The van der Waals surface area contributed by atoms with Gasteiger partial charge >= 0.3 is 0 Å². The highest BCUT2D eigenvalue weighted by atomic mass is 32.2. The summed E-state index contributed by atoms with van der Waals surface area (Å²) in [4.78, 5) is 36.0. The number of aryl methyl sites for hydroxylation is 1. The first-order valence-corrected chi connectivity index (χ1v) is 9.18. The first-order chi connectivity index (χ1) is 12.8. The smallest absolute Gasteiger partial charge is 0.284 e. The van der Waals surface area contributed by atoms with Crippen LogP contribution >= 0.6 is 11.8 Å². The number of nitro groups is 1. The average molecular weight is 387 g/mol. The number of nitrogens with one attached hydrogen (secondary N) is 2. The molecule has 0 aromatic heterocycles. The van der Waals surface area contributed by atoms with Crippen LogP contribution in [0.1, 0.15) is 29.8 Å². The zero-order chi connectivity index (χ0) is 20.0. The van der Waals surface area contributed by atoms with Crippen molar-refractivity contribution in [3.8, 4) is 0 Å². The number of nitrogens with zero attached hydrogens (tertiary/aromatic N) is 1. The van der Waals surface area contributed by atoms with Gasteiger partial charge in [-0.15, -0.1) is 0 Å². The molecule has 0 saturated carbocycles. The van der Waals surface area contributed by atoms with Gasteiger partial charge in [0.1, 0.15) is 0 Å². The molecule has 27 heavy (non-hydrogen) atoms. The van der Waals surface area contributed by atoms with Crippen LogP contribution in [-0.2, 0) is 4.79 Å². The van der Waals surface area contributed by atoms with Gasteiger partial charge in [0.2, 0.25) is 5.91 Å². The molecule has 0 atom stereocenters. The van der Waals surface area contributed by atoms with E-state index in [0.717, 1.165) is 10.5 Å². The quantitative estimate of drug-likeness (QED) is 0.561. The molecule has 2 aromatic rings. The van der Waals surface area contributed by atoms with E-state index in [1.807, 2.05) is 45.0 Å². The monoisotopic (exact) mass is 387 g/mol. The molecule has 2 N–H and O–H groups in total. The largest absolute Gasteiger partial charge is 0.352 e. The summed E-state index contributed by atoms with van der Waals surface area (Å²) >= 11 is 1.26. The van der Waals surface area contributed by atoms with E-state index < -0.39 is 10.8 Å². The van der Waals surface area contributed by atoms with Crippen LogP contribution in [0.15, 0.2) is 52.3 Å². The van der Waals surface area contributed by atoms with Crippen LogP contribution in [0, 0.1) is 17.0 Å². The van der Waals surface area contributed by atoms with E-state index in [1.54, 1.807) is 6.07 Å². The molecule has 2 aromatic carbocycles. The minimum absolute atomic E-state index is 0.0337. The maximum absolute atomic E-state index is 12.2. The van der Waals surface area contributed by atoms with Gasteiger partial charge < -0.3 is 10.6 Å². The van der Waals surface area contributed by atoms with Crippen molar-refractivity contribution in [1.29, 1.82) is 0 Å². The number of hydrogen-bond acceptors (Lipinski definition) is 5. The fraction of sp³-hybridized carbons (Fsp3) is 0.263. The summed E-state index contributed by atoms with van der Waals surface area (Å²) in [6.07, 6.45) is 0. The van der Waals surface area contributed by atoms with Crippen LogP contribution in [0.25, 0.3) is 0 Å². The number of hydrogen-bond donors (Lipinski definition) is 2. The molecule has 2 rings (SSSR count). The Balaban J connectivity index is 2.14. The lowest BCUT2D eigenvalue weighted by Crippen LogP contribution is -2.39. The molecule has 8 heteroatoms. The number of nitro benzene ring substituents is 1. The maximum Gasteiger partial charge on any atom is 0.284 e. The molecule has 2 amide bonds. The minimum atomic E-state index is -0.538. The van der Waals surface area contributed by atoms with Crippen LogP contribution in [0.3, 0.4) is 0 Å². The molecule has 0 spiro atoms. The zero-order valence-corrected chi connectivity index (χ0v) is 16.1. The molecule has 0 aliphatic rings. The van der Waals surface area contributed by atoms with Gasteiger partial charge in [-0.25, -0.2) is 0 Å². The average Bonchev–Trinajstić information content (AvgIpc) is 2.61. The molecule has 0 aliphatic heterocycles. The van der Waals surface area contributed by atoms with Crippen LogP contribution in [0.2, 0.25) is 0 Å². The van der Waals surface area contributed by atoms with Crippen molar-refractivity contribution < 1.29 is 14.5 Å². The summed E-state index contributed by atoms with van der Waals surface area (Å²) in [5.41, 5.74) is 1.08. The number of amides is 2. The first-order valence-electron chi connectivity index (χ1n) is 8.37. The summed E-state index contributed by atoms with van der Waals surface area (Å²) in [5.74, 6) is -0.858. The van der Waals surface area contributed by atoms with Crippen molar-refractivity contribution in [2.45, 2.75) is 36.6 Å². The lowest BCUT2D eigenvalue weighted by molar-refractivity contribution is -0.387.